The molecule has 1 N–H and O–H groups in total. The Labute approximate surface area is 124 Å². The first kappa shape index (κ1) is 12.7. The molecule has 20 heavy (non-hydrogen) atoms. The minimum Gasteiger partial charge on any atom is -0.323 e. The quantitative estimate of drug-likeness (QED) is 0.920. The summed E-state index contributed by atoms with van der Waals surface area (Å²) in [5, 5.41) is 4.50. The van der Waals surface area contributed by atoms with E-state index in [1.54, 1.807) is 0 Å². The van der Waals surface area contributed by atoms with Gasteiger partial charge in [-0.15, -0.1) is 0 Å². The Morgan fingerprint density at radius 1 is 1.20 bits per heavy atom. The fourth-order valence-corrected chi connectivity index (χ4v) is 3.63. The third-order valence-corrected chi connectivity index (χ3v) is 4.86. The molecular weight excluding hydrogens is 270 g/mol. The normalized spacial score (nSPS) is 20.1. The average Bonchev–Trinajstić information content (AvgIpc) is 3.01. The summed E-state index contributed by atoms with van der Waals surface area (Å²) in [4.78, 5) is 4.81. The van der Waals surface area contributed by atoms with E-state index in [-0.39, 0.29) is 0 Å². The van der Waals surface area contributed by atoms with Crippen LogP contribution in [0.5, 0.6) is 0 Å². The Morgan fingerprint density at radius 3 is 2.75 bits per heavy atom. The minimum absolute atomic E-state index is 0.611. The Balaban J connectivity index is 1.67. The van der Waals surface area contributed by atoms with Crippen LogP contribution >= 0.6 is 11.6 Å². The molecule has 0 spiro atoms. The number of hydrogen-bond acceptors (Lipinski definition) is 2. The molecule has 0 radical (unpaired) electrons. The van der Waals surface area contributed by atoms with Gasteiger partial charge in [0.05, 0.1) is 22.6 Å². The fourth-order valence-electron chi connectivity index (χ4n) is 3.37. The molecule has 0 aliphatic heterocycles. The summed E-state index contributed by atoms with van der Waals surface area (Å²) in [5.74, 6) is 1.16. The van der Waals surface area contributed by atoms with Crippen molar-refractivity contribution in [3.05, 3.63) is 29.0 Å². The van der Waals surface area contributed by atoms with Crippen molar-refractivity contribution < 1.29 is 0 Å². The number of fused-ring (bicyclic) bond motifs is 1. The molecule has 2 aromatic rings. The van der Waals surface area contributed by atoms with Gasteiger partial charge in [-0.05, 0) is 37.8 Å². The van der Waals surface area contributed by atoms with Crippen molar-refractivity contribution in [3.63, 3.8) is 0 Å². The van der Waals surface area contributed by atoms with E-state index < -0.39 is 0 Å². The molecule has 0 amide bonds. The van der Waals surface area contributed by atoms with Crippen LogP contribution in [0.3, 0.4) is 0 Å². The largest absolute Gasteiger partial charge is 0.323 e. The van der Waals surface area contributed by atoms with Crippen LogP contribution in [0.2, 0.25) is 5.02 Å². The van der Waals surface area contributed by atoms with Crippen LogP contribution in [0.1, 0.15) is 50.4 Å². The van der Waals surface area contributed by atoms with E-state index in [0.717, 1.165) is 28.4 Å². The average molecular weight is 290 g/mol. The van der Waals surface area contributed by atoms with Gasteiger partial charge >= 0.3 is 0 Å². The van der Waals surface area contributed by atoms with Gasteiger partial charge in [0.1, 0.15) is 5.82 Å². The van der Waals surface area contributed by atoms with Crippen LogP contribution in [0, 0.1) is 0 Å². The highest BCUT2D eigenvalue weighted by molar-refractivity contribution is 6.35. The van der Waals surface area contributed by atoms with Crippen LogP contribution in [-0.4, -0.2) is 15.6 Å². The molecule has 2 fully saturated rings. The Morgan fingerprint density at radius 2 is 2.00 bits per heavy atom. The Bertz CT molecular complexity index is 624. The molecular formula is C16H20ClN3. The minimum atomic E-state index is 0.611. The number of nitrogens with zero attached hydrogens (tertiary/aromatic N) is 2. The van der Waals surface area contributed by atoms with Crippen molar-refractivity contribution in [2.24, 2.45) is 0 Å². The topological polar surface area (TPSA) is 29.9 Å². The van der Waals surface area contributed by atoms with E-state index in [2.05, 4.69) is 16.0 Å². The van der Waals surface area contributed by atoms with Crippen molar-refractivity contribution >= 4 is 22.6 Å². The molecule has 0 bridgehead atoms. The first-order chi connectivity index (χ1) is 9.83. The van der Waals surface area contributed by atoms with Crippen LogP contribution < -0.4 is 5.32 Å². The molecule has 0 saturated heterocycles. The summed E-state index contributed by atoms with van der Waals surface area (Å²) in [6.07, 6.45) is 7.86. The number of nitrogens with one attached hydrogen (secondary N) is 1. The predicted octanol–water partition coefficient (Wildman–Crippen LogP) is 4.06. The third-order valence-electron chi connectivity index (χ3n) is 4.55. The van der Waals surface area contributed by atoms with E-state index in [4.69, 9.17) is 16.6 Å². The van der Waals surface area contributed by atoms with E-state index in [1.807, 2.05) is 12.1 Å². The maximum Gasteiger partial charge on any atom is 0.124 e. The maximum atomic E-state index is 6.39. The summed E-state index contributed by atoms with van der Waals surface area (Å²) in [6.45, 7) is 0.867. The van der Waals surface area contributed by atoms with E-state index >= 15 is 0 Å². The number of halogens is 1. The Kier molecular flexibility index (Phi) is 3.20. The van der Waals surface area contributed by atoms with Crippen LogP contribution in [-0.2, 0) is 6.54 Å². The highest BCUT2D eigenvalue weighted by Gasteiger charge is 2.29. The number of hydrogen-bond donors (Lipinski definition) is 1. The van der Waals surface area contributed by atoms with Gasteiger partial charge < -0.3 is 9.88 Å². The second kappa shape index (κ2) is 5.05. The van der Waals surface area contributed by atoms with Gasteiger partial charge in [-0.25, -0.2) is 4.98 Å². The van der Waals surface area contributed by atoms with Gasteiger partial charge in [-0.3, -0.25) is 0 Å². The lowest BCUT2D eigenvalue weighted by Crippen LogP contribution is -2.26. The van der Waals surface area contributed by atoms with Gasteiger partial charge in [-0.1, -0.05) is 30.5 Å². The number of imidazole rings is 1. The summed E-state index contributed by atoms with van der Waals surface area (Å²) in [7, 11) is 0. The molecule has 0 atom stereocenters. The van der Waals surface area contributed by atoms with Gasteiger partial charge in [0.15, 0.2) is 0 Å². The monoisotopic (exact) mass is 289 g/mol. The molecule has 1 aromatic carbocycles. The van der Waals surface area contributed by atoms with Gasteiger partial charge in [0.25, 0.3) is 0 Å². The molecule has 2 saturated carbocycles. The van der Waals surface area contributed by atoms with E-state index in [1.165, 1.54) is 38.5 Å². The zero-order chi connectivity index (χ0) is 13.5. The van der Waals surface area contributed by atoms with Crippen molar-refractivity contribution in [3.8, 4) is 0 Å². The smallest absolute Gasteiger partial charge is 0.124 e. The van der Waals surface area contributed by atoms with Crippen molar-refractivity contribution in [1.29, 1.82) is 0 Å². The molecule has 1 aromatic heterocycles. The van der Waals surface area contributed by atoms with Gasteiger partial charge in [0.2, 0.25) is 0 Å². The van der Waals surface area contributed by atoms with Crippen molar-refractivity contribution in [2.45, 2.75) is 57.2 Å². The number of rotatable bonds is 4. The predicted molar refractivity (Wildman–Crippen MR) is 82.1 cm³/mol. The third kappa shape index (κ3) is 2.23. The Hall–Kier alpha value is -1.06. The zero-order valence-corrected chi connectivity index (χ0v) is 12.4. The van der Waals surface area contributed by atoms with Crippen molar-refractivity contribution in [2.75, 3.05) is 0 Å². The zero-order valence-electron chi connectivity index (χ0n) is 11.6. The first-order valence-corrected chi connectivity index (χ1v) is 8.09. The fraction of sp³-hybridized carbons (Fsp3) is 0.562. The van der Waals surface area contributed by atoms with Crippen LogP contribution in [0.25, 0.3) is 11.0 Å². The summed E-state index contributed by atoms with van der Waals surface area (Å²) < 4.78 is 2.37. The van der Waals surface area contributed by atoms with Crippen LogP contribution in [0.4, 0.5) is 0 Å². The SMILES string of the molecule is Clc1cccc2nc(CNC3CCCC3)n(C3CC3)c12. The lowest BCUT2D eigenvalue weighted by Gasteiger charge is -2.13. The second-order valence-electron chi connectivity index (χ2n) is 6.10. The maximum absolute atomic E-state index is 6.39. The number of para-hydroxylation sites is 1. The summed E-state index contributed by atoms with van der Waals surface area (Å²) in [5.41, 5.74) is 2.16. The molecule has 4 heteroatoms. The highest BCUT2D eigenvalue weighted by Crippen LogP contribution is 2.40. The summed E-state index contributed by atoms with van der Waals surface area (Å²) >= 11 is 6.39. The highest BCUT2D eigenvalue weighted by atomic mass is 35.5. The first-order valence-electron chi connectivity index (χ1n) is 7.71. The van der Waals surface area contributed by atoms with Gasteiger partial charge in [-0.2, -0.15) is 0 Å². The molecule has 2 aliphatic rings. The van der Waals surface area contributed by atoms with E-state index in [0.29, 0.717) is 12.1 Å². The van der Waals surface area contributed by atoms with Gasteiger partial charge in [0, 0.05) is 12.1 Å². The van der Waals surface area contributed by atoms with E-state index in [9.17, 15) is 0 Å². The molecule has 3 nitrogen and oxygen atoms in total. The molecule has 106 valence electrons. The van der Waals surface area contributed by atoms with Crippen molar-refractivity contribution in [1.82, 2.24) is 14.9 Å². The van der Waals surface area contributed by atoms with Crippen LogP contribution in [0.15, 0.2) is 18.2 Å². The standard InChI is InChI=1S/C16H20ClN3/c17-13-6-3-7-14-16(13)20(12-8-9-12)15(19-14)10-18-11-4-1-2-5-11/h3,6-7,11-12,18H,1-2,4-5,8-10H2. The summed E-state index contributed by atoms with van der Waals surface area (Å²) in [6, 6.07) is 7.32. The number of benzene rings is 1. The lowest BCUT2D eigenvalue weighted by molar-refractivity contribution is 0.502. The number of aromatic nitrogens is 2. The second-order valence-corrected chi connectivity index (χ2v) is 6.51. The molecule has 4 rings (SSSR count). The molecule has 0 unspecified atom stereocenters. The lowest BCUT2D eigenvalue weighted by atomic mass is 10.2. The molecule has 2 aliphatic carbocycles. The molecule has 1 heterocycles.